The standard InChI is InChI=1S/C18H18N2O6/c21-14-5-4-12(16(22)19-14)20-17(23)11-2-1-3-13(15(11)18(20)24)26-10-6-8-25-9-7-10/h1-3,10,12H,4-9H2,(H,19,21,22). The molecular weight excluding hydrogens is 340 g/mol. The highest BCUT2D eigenvalue weighted by Gasteiger charge is 2.46. The maximum atomic E-state index is 12.9. The van der Waals surface area contributed by atoms with Crippen molar-refractivity contribution in [2.24, 2.45) is 0 Å². The molecule has 0 saturated carbocycles. The minimum Gasteiger partial charge on any atom is -0.489 e. The molecule has 0 aliphatic carbocycles. The van der Waals surface area contributed by atoms with E-state index in [0.29, 0.717) is 31.8 Å². The third kappa shape index (κ3) is 2.76. The second-order valence-corrected chi connectivity index (χ2v) is 6.56. The first-order valence-electron chi connectivity index (χ1n) is 8.65. The summed E-state index contributed by atoms with van der Waals surface area (Å²) in [5.74, 6) is -1.75. The smallest absolute Gasteiger partial charge is 0.266 e. The summed E-state index contributed by atoms with van der Waals surface area (Å²) in [6, 6.07) is 3.90. The van der Waals surface area contributed by atoms with Crippen molar-refractivity contribution < 1.29 is 28.7 Å². The molecule has 136 valence electrons. The van der Waals surface area contributed by atoms with Gasteiger partial charge in [0.1, 0.15) is 17.9 Å². The molecule has 0 spiro atoms. The molecule has 1 N–H and O–H groups in total. The van der Waals surface area contributed by atoms with Gasteiger partial charge in [0, 0.05) is 19.3 Å². The van der Waals surface area contributed by atoms with Gasteiger partial charge in [0.05, 0.1) is 24.3 Å². The minimum absolute atomic E-state index is 0.0807. The maximum Gasteiger partial charge on any atom is 0.266 e. The molecule has 8 nitrogen and oxygen atoms in total. The molecule has 0 radical (unpaired) electrons. The number of rotatable bonds is 3. The Hall–Kier alpha value is -2.74. The Morgan fingerprint density at radius 1 is 1.04 bits per heavy atom. The Morgan fingerprint density at radius 2 is 1.81 bits per heavy atom. The summed E-state index contributed by atoms with van der Waals surface area (Å²) in [6.45, 7) is 1.18. The van der Waals surface area contributed by atoms with Crippen LogP contribution in [0, 0.1) is 0 Å². The zero-order valence-corrected chi connectivity index (χ0v) is 14.0. The molecule has 2 fully saturated rings. The van der Waals surface area contributed by atoms with Crippen molar-refractivity contribution in [1.29, 1.82) is 0 Å². The van der Waals surface area contributed by atoms with E-state index < -0.39 is 29.7 Å². The molecule has 26 heavy (non-hydrogen) atoms. The lowest BCUT2D eigenvalue weighted by Crippen LogP contribution is -2.54. The SMILES string of the molecule is O=C1CCC(N2C(=O)c3cccc(OC4CCOCC4)c3C2=O)C(=O)N1. The molecule has 4 rings (SSSR count). The molecule has 1 aromatic carbocycles. The van der Waals surface area contributed by atoms with Gasteiger partial charge in [-0.05, 0) is 18.6 Å². The Morgan fingerprint density at radius 3 is 2.54 bits per heavy atom. The average Bonchev–Trinajstić information content (AvgIpc) is 2.88. The number of imide groups is 2. The van der Waals surface area contributed by atoms with Gasteiger partial charge in [-0.2, -0.15) is 0 Å². The number of nitrogens with zero attached hydrogens (tertiary/aromatic N) is 1. The Balaban J connectivity index is 1.62. The highest BCUT2D eigenvalue weighted by atomic mass is 16.5. The van der Waals surface area contributed by atoms with Crippen molar-refractivity contribution in [2.75, 3.05) is 13.2 Å². The van der Waals surface area contributed by atoms with Crippen LogP contribution in [0.15, 0.2) is 18.2 Å². The highest BCUT2D eigenvalue weighted by Crippen LogP contribution is 2.34. The first-order valence-corrected chi connectivity index (χ1v) is 8.65. The maximum absolute atomic E-state index is 12.9. The Kier molecular flexibility index (Phi) is 4.20. The van der Waals surface area contributed by atoms with Gasteiger partial charge < -0.3 is 9.47 Å². The quantitative estimate of drug-likeness (QED) is 0.796. The summed E-state index contributed by atoms with van der Waals surface area (Å²) < 4.78 is 11.3. The number of carbonyl (C=O) groups excluding carboxylic acids is 4. The van der Waals surface area contributed by atoms with Gasteiger partial charge >= 0.3 is 0 Å². The zero-order valence-electron chi connectivity index (χ0n) is 14.0. The molecule has 0 bridgehead atoms. The topological polar surface area (TPSA) is 102 Å². The first-order chi connectivity index (χ1) is 12.6. The van der Waals surface area contributed by atoms with Gasteiger partial charge in [0.2, 0.25) is 11.8 Å². The van der Waals surface area contributed by atoms with Crippen molar-refractivity contribution >= 4 is 23.6 Å². The molecule has 1 aromatic rings. The van der Waals surface area contributed by atoms with Crippen LogP contribution in [0.5, 0.6) is 5.75 Å². The van der Waals surface area contributed by atoms with E-state index in [1.165, 1.54) is 0 Å². The molecule has 3 aliphatic rings. The average molecular weight is 358 g/mol. The second kappa shape index (κ2) is 6.53. The lowest BCUT2D eigenvalue weighted by molar-refractivity contribution is -0.136. The van der Waals surface area contributed by atoms with E-state index in [4.69, 9.17) is 9.47 Å². The summed E-state index contributed by atoms with van der Waals surface area (Å²) >= 11 is 0. The largest absolute Gasteiger partial charge is 0.489 e. The van der Waals surface area contributed by atoms with Gasteiger partial charge in [-0.15, -0.1) is 0 Å². The predicted octanol–water partition coefficient (Wildman–Crippen LogP) is 0.646. The van der Waals surface area contributed by atoms with Crippen molar-refractivity contribution in [3.05, 3.63) is 29.3 Å². The fourth-order valence-electron chi connectivity index (χ4n) is 3.56. The molecule has 3 heterocycles. The van der Waals surface area contributed by atoms with Gasteiger partial charge in [-0.3, -0.25) is 29.4 Å². The van der Waals surface area contributed by atoms with Gasteiger partial charge in [0.15, 0.2) is 0 Å². The fourth-order valence-corrected chi connectivity index (χ4v) is 3.56. The normalized spacial score (nSPS) is 23.8. The van der Waals surface area contributed by atoms with Crippen molar-refractivity contribution in [1.82, 2.24) is 10.2 Å². The van der Waals surface area contributed by atoms with Crippen molar-refractivity contribution in [3.8, 4) is 5.75 Å². The molecular formula is C18H18N2O6. The number of fused-ring (bicyclic) bond motifs is 1. The molecule has 1 unspecified atom stereocenters. The molecule has 8 heteroatoms. The molecule has 1 atom stereocenters. The van der Waals surface area contributed by atoms with Crippen LogP contribution in [0.1, 0.15) is 46.4 Å². The van der Waals surface area contributed by atoms with Crippen LogP contribution in [0.3, 0.4) is 0 Å². The van der Waals surface area contributed by atoms with Crippen LogP contribution in [0.4, 0.5) is 0 Å². The lowest BCUT2D eigenvalue weighted by atomic mass is 10.0. The molecule has 3 aliphatic heterocycles. The number of nitrogens with one attached hydrogen (secondary N) is 1. The predicted molar refractivity (Wildman–Crippen MR) is 87.6 cm³/mol. The van der Waals surface area contributed by atoms with Gasteiger partial charge in [0.25, 0.3) is 11.8 Å². The van der Waals surface area contributed by atoms with Gasteiger partial charge in [-0.25, -0.2) is 0 Å². The van der Waals surface area contributed by atoms with Crippen LogP contribution in [0.25, 0.3) is 0 Å². The monoisotopic (exact) mass is 358 g/mol. The van der Waals surface area contributed by atoms with E-state index in [9.17, 15) is 19.2 Å². The summed E-state index contributed by atoms with van der Waals surface area (Å²) in [7, 11) is 0. The number of hydrogen-bond donors (Lipinski definition) is 1. The van der Waals surface area contributed by atoms with E-state index in [1.54, 1.807) is 18.2 Å². The van der Waals surface area contributed by atoms with E-state index >= 15 is 0 Å². The number of amides is 4. The highest BCUT2D eigenvalue weighted by molar-refractivity contribution is 6.24. The lowest BCUT2D eigenvalue weighted by Gasteiger charge is -2.28. The molecule has 0 aromatic heterocycles. The number of piperidine rings is 1. The summed E-state index contributed by atoms with van der Waals surface area (Å²) in [6.07, 6.45) is 1.56. The number of carbonyl (C=O) groups is 4. The van der Waals surface area contributed by atoms with Crippen molar-refractivity contribution in [2.45, 2.75) is 37.8 Å². The van der Waals surface area contributed by atoms with Gasteiger partial charge in [-0.1, -0.05) is 6.07 Å². The summed E-state index contributed by atoms with van der Waals surface area (Å²) in [5, 5.41) is 2.19. The molecule has 4 amide bonds. The fraction of sp³-hybridized carbons (Fsp3) is 0.444. The third-order valence-electron chi connectivity index (χ3n) is 4.89. The van der Waals surface area contributed by atoms with Crippen LogP contribution in [0.2, 0.25) is 0 Å². The van der Waals surface area contributed by atoms with Crippen LogP contribution in [-0.4, -0.2) is 53.9 Å². The Labute approximate surface area is 149 Å². The molecule has 2 saturated heterocycles. The summed E-state index contributed by atoms with van der Waals surface area (Å²) in [4.78, 5) is 50.1. The van der Waals surface area contributed by atoms with Crippen LogP contribution < -0.4 is 10.1 Å². The van der Waals surface area contributed by atoms with Crippen LogP contribution >= 0.6 is 0 Å². The second-order valence-electron chi connectivity index (χ2n) is 6.56. The van der Waals surface area contributed by atoms with E-state index in [0.717, 1.165) is 4.90 Å². The summed E-state index contributed by atoms with van der Waals surface area (Å²) in [5.41, 5.74) is 0.415. The van der Waals surface area contributed by atoms with E-state index in [1.807, 2.05) is 0 Å². The van der Waals surface area contributed by atoms with Crippen molar-refractivity contribution in [3.63, 3.8) is 0 Å². The van der Waals surface area contributed by atoms with E-state index in [-0.39, 0.29) is 30.1 Å². The van der Waals surface area contributed by atoms with E-state index in [2.05, 4.69) is 5.32 Å². The Bertz CT molecular complexity index is 799. The zero-order chi connectivity index (χ0) is 18.3. The van der Waals surface area contributed by atoms with Crippen LogP contribution in [-0.2, 0) is 14.3 Å². The number of benzene rings is 1. The third-order valence-corrected chi connectivity index (χ3v) is 4.89. The number of ether oxygens (including phenoxy) is 2. The minimum atomic E-state index is -0.976. The number of hydrogen-bond acceptors (Lipinski definition) is 6. The first kappa shape index (κ1) is 16.7.